The first-order chi connectivity index (χ1) is 8.99. The van der Waals surface area contributed by atoms with Gasteiger partial charge < -0.3 is 13.7 Å². The molecule has 0 radical (unpaired) electrons. The van der Waals surface area contributed by atoms with Crippen LogP contribution in [-0.2, 0) is 19.9 Å². The zero-order valence-corrected chi connectivity index (χ0v) is 11.9. The van der Waals surface area contributed by atoms with E-state index < -0.39 is 10.4 Å². The monoisotopic (exact) mass is 292 g/mol. The molecule has 1 N–H and O–H groups in total. The minimum absolute atomic E-state index is 0.0926. The Kier molecular flexibility index (Phi) is 10.1. The summed E-state index contributed by atoms with van der Waals surface area (Å²) in [7, 11) is -4.38. The number of para-hydroxylation sites is 1. The molecule has 0 bridgehead atoms. The number of ether oxygens (including phenoxy) is 2. The summed E-state index contributed by atoms with van der Waals surface area (Å²) in [6.07, 6.45) is 0. The second-order valence-corrected chi connectivity index (χ2v) is 4.24. The van der Waals surface area contributed by atoms with Crippen molar-refractivity contribution in [3.63, 3.8) is 0 Å². The maximum absolute atomic E-state index is 10.1. The highest BCUT2D eigenvalue weighted by atomic mass is 32.3. The van der Waals surface area contributed by atoms with Gasteiger partial charge in [-0.2, -0.15) is 8.42 Å². The highest BCUT2D eigenvalue weighted by molar-refractivity contribution is 7.81. The molecular formula is C12H20O6S. The van der Waals surface area contributed by atoms with Gasteiger partial charge in [0.1, 0.15) is 5.75 Å². The van der Waals surface area contributed by atoms with Gasteiger partial charge in [0, 0.05) is 13.2 Å². The summed E-state index contributed by atoms with van der Waals surface area (Å²) in [5.41, 5.74) is 0. The summed E-state index contributed by atoms with van der Waals surface area (Å²) < 4.78 is 42.0. The van der Waals surface area contributed by atoms with Crippen molar-refractivity contribution in [3.05, 3.63) is 30.3 Å². The van der Waals surface area contributed by atoms with E-state index in [2.05, 4.69) is 8.92 Å². The van der Waals surface area contributed by atoms with Crippen molar-refractivity contribution in [2.45, 2.75) is 13.8 Å². The average Bonchev–Trinajstić information content (AvgIpc) is 3.17. The molecule has 0 amide bonds. The van der Waals surface area contributed by atoms with Crippen LogP contribution < -0.4 is 4.18 Å². The maximum atomic E-state index is 10.1. The number of benzene rings is 1. The zero-order chi connectivity index (χ0) is 14.6. The van der Waals surface area contributed by atoms with Crippen LogP contribution in [0, 0.1) is 0 Å². The molecule has 0 aliphatic carbocycles. The number of rotatable bonds is 4. The third-order valence-electron chi connectivity index (χ3n) is 1.56. The summed E-state index contributed by atoms with van der Waals surface area (Å²) in [5, 5.41) is 0. The van der Waals surface area contributed by atoms with Gasteiger partial charge in [-0.05, 0) is 26.0 Å². The van der Waals surface area contributed by atoms with E-state index in [9.17, 15) is 8.42 Å². The molecule has 110 valence electrons. The Balaban J connectivity index is 0.000000333. The molecule has 1 saturated heterocycles. The van der Waals surface area contributed by atoms with E-state index in [1.165, 1.54) is 12.1 Å². The van der Waals surface area contributed by atoms with Gasteiger partial charge in [-0.25, -0.2) is 0 Å². The largest absolute Gasteiger partial charge is 0.446 e. The quantitative estimate of drug-likeness (QED) is 0.674. The van der Waals surface area contributed by atoms with Gasteiger partial charge >= 0.3 is 10.4 Å². The SMILES string of the molecule is C1CO1.CCOCC.O=S(=O)(O)Oc1ccccc1. The first kappa shape index (κ1) is 17.8. The van der Waals surface area contributed by atoms with Gasteiger partial charge in [-0.15, -0.1) is 0 Å². The number of epoxide rings is 1. The van der Waals surface area contributed by atoms with Gasteiger partial charge in [0.05, 0.1) is 13.2 Å². The van der Waals surface area contributed by atoms with Crippen LogP contribution in [0.2, 0.25) is 0 Å². The van der Waals surface area contributed by atoms with Gasteiger partial charge in [-0.3, -0.25) is 4.55 Å². The van der Waals surface area contributed by atoms with Crippen LogP contribution in [0.4, 0.5) is 0 Å². The fourth-order valence-electron chi connectivity index (χ4n) is 0.802. The summed E-state index contributed by atoms with van der Waals surface area (Å²) in [6.45, 7) is 7.67. The van der Waals surface area contributed by atoms with Crippen LogP contribution in [-0.4, -0.2) is 39.4 Å². The van der Waals surface area contributed by atoms with E-state index in [0.717, 1.165) is 26.4 Å². The van der Waals surface area contributed by atoms with Gasteiger partial charge in [0.25, 0.3) is 0 Å². The smallest absolute Gasteiger partial charge is 0.382 e. The molecule has 0 atom stereocenters. The molecule has 6 nitrogen and oxygen atoms in total. The zero-order valence-electron chi connectivity index (χ0n) is 11.1. The van der Waals surface area contributed by atoms with Crippen molar-refractivity contribution in [1.82, 2.24) is 0 Å². The number of hydrogen-bond acceptors (Lipinski definition) is 5. The van der Waals surface area contributed by atoms with Crippen molar-refractivity contribution in [3.8, 4) is 5.75 Å². The summed E-state index contributed by atoms with van der Waals surface area (Å²) in [6, 6.07) is 7.75. The molecule has 1 aromatic rings. The minimum Gasteiger partial charge on any atom is -0.382 e. The highest BCUT2D eigenvalue weighted by Crippen LogP contribution is 2.09. The van der Waals surface area contributed by atoms with E-state index >= 15 is 0 Å². The normalized spacial score (nSPS) is 12.4. The molecule has 0 spiro atoms. The Bertz CT molecular complexity index is 397. The molecule has 0 unspecified atom stereocenters. The molecule has 1 aliphatic rings. The van der Waals surface area contributed by atoms with Gasteiger partial charge in [-0.1, -0.05) is 18.2 Å². The van der Waals surface area contributed by atoms with Crippen molar-refractivity contribution >= 4 is 10.4 Å². The molecule has 0 aromatic heterocycles. The van der Waals surface area contributed by atoms with E-state index in [1.807, 2.05) is 13.8 Å². The average molecular weight is 292 g/mol. The van der Waals surface area contributed by atoms with Crippen molar-refractivity contribution in [1.29, 1.82) is 0 Å². The van der Waals surface area contributed by atoms with Crippen LogP contribution >= 0.6 is 0 Å². The Morgan fingerprint density at radius 2 is 1.63 bits per heavy atom. The lowest BCUT2D eigenvalue weighted by Gasteiger charge is -1.98. The molecule has 1 fully saturated rings. The first-order valence-corrected chi connectivity index (χ1v) is 7.23. The van der Waals surface area contributed by atoms with E-state index in [0.29, 0.717) is 0 Å². The van der Waals surface area contributed by atoms with Crippen LogP contribution in [0.15, 0.2) is 30.3 Å². The molecule has 0 saturated carbocycles. The van der Waals surface area contributed by atoms with Crippen LogP contribution in [0.5, 0.6) is 5.75 Å². The van der Waals surface area contributed by atoms with E-state index in [1.54, 1.807) is 18.2 Å². The molecule has 7 heteroatoms. The minimum atomic E-state index is -4.38. The fourth-order valence-corrected chi connectivity index (χ4v) is 1.16. The molecule has 1 aromatic carbocycles. The Hall–Kier alpha value is -1.15. The lowest BCUT2D eigenvalue weighted by atomic mass is 10.3. The lowest BCUT2D eigenvalue weighted by molar-refractivity contribution is 0.162. The maximum Gasteiger partial charge on any atom is 0.446 e. The van der Waals surface area contributed by atoms with Gasteiger partial charge in [0.2, 0.25) is 0 Å². The van der Waals surface area contributed by atoms with Gasteiger partial charge in [0.15, 0.2) is 0 Å². The first-order valence-electron chi connectivity index (χ1n) is 5.87. The molecule has 19 heavy (non-hydrogen) atoms. The lowest BCUT2D eigenvalue weighted by Crippen LogP contribution is -2.06. The van der Waals surface area contributed by atoms with Crippen molar-refractivity contribution in [2.24, 2.45) is 0 Å². The third-order valence-corrected chi connectivity index (χ3v) is 1.96. The van der Waals surface area contributed by atoms with Crippen LogP contribution in [0.25, 0.3) is 0 Å². The van der Waals surface area contributed by atoms with Crippen molar-refractivity contribution < 1.29 is 26.6 Å². The molecule has 1 heterocycles. The number of hydrogen-bond donors (Lipinski definition) is 1. The second kappa shape index (κ2) is 10.7. The Morgan fingerprint density at radius 3 is 1.89 bits per heavy atom. The fraction of sp³-hybridized carbons (Fsp3) is 0.500. The van der Waals surface area contributed by atoms with Crippen molar-refractivity contribution in [2.75, 3.05) is 26.4 Å². The Morgan fingerprint density at radius 1 is 1.16 bits per heavy atom. The predicted octanol–water partition coefficient (Wildman–Crippen LogP) is 1.93. The topological polar surface area (TPSA) is 85.4 Å². The third kappa shape index (κ3) is 16.9. The summed E-state index contributed by atoms with van der Waals surface area (Å²) in [5.74, 6) is 0.0926. The Labute approximate surface area is 114 Å². The summed E-state index contributed by atoms with van der Waals surface area (Å²) >= 11 is 0. The molecular weight excluding hydrogens is 272 g/mol. The van der Waals surface area contributed by atoms with E-state index in [4.69, 9.17) is 9.29 Å². The van der Waals surface area contributed by atoms with E-state index in [-0.39, 0.29) is 5.75 Å². The summed E-state index contributed by atoms with van der Waals surface area (Å²) in [4.78, 5) is 0. The predicted molar refractivity (Wildman–Crippen MR) is 71.6 cm³/mol. The highest BCUT2D eigenvalue weighted by Gasteiger charge is 2.04. The molecule has 1 aliphatic heterocycles. The standard InChI is InChI=1S/C6H6O4S.C4H10O.C2H4O/c7-11(8,9)10-6-4-2-1-3-5-6;1-3-5-4-2;1-2-3-1/h1-5H,(H,7,8,9);3-4H2,1-2H3;1-2H2. The van der Waals surface area contributed by atoms with Crippen LogP contribution in [0.3, 0.4) is 0 Å². The second-order valence-electron chi connectivity index (χ2n) is 3.22. The van der Waals surface area contributed by atoms with Crippen LogP contribution in [0.1, 0.15) is 13.8 Å². The molecule has 2 rings (SSSR count).